The van der Waals surface area contributed by atoms with Crippen LogP contribution in [0.15, 0.2) is 18.2 Å². The highest BCUT2D eigenvalue weighted by molar-refractivity contribution is 5.38. The Morgan fingerprint density at radius 1 is 1.28 bits per heavy atom. The maximum absolute atomic E-state index is 8.69. The van der Waals surface area contributed by atoms with Gasteiger partial charge < -0.3 is 15.6 Å². The molecule has 1 aliphatic carbocycles. The molecule has 1 atom stereocenters. The molecule has 0 heterocycles. The van der Waals surface area contributed by atoms with Crippen LogP contribution in [0.2, 0.25) is 0 Å². The molecule has 0 fully saturated rings. The zero-order chi connectivity index (χ0) is 12.8. The van der Waals surface area contributed by atoms with Crippen LogP contribution in [0.25, 0.3) is 0 Å². The molecule has 18 heavy (non-hydrogen) atoms. The normalized spacial score (nSPS) is 18.4. The average molecular weight is 249 g/mol. The van der Waals surface area contributed by atoms with E-state index in [1.165, 1.54) is 17.5 Å². The summed E-state index contributed by atoms with van der Waals surface area (Å²) in [6.45, 7) is 1.00. The number of hydrogen-bond acceptors (Lipinski definition) is 3. The molecule has 1 unspecified atom stereocenters. The Morgan fingerprint density at radius 2 is 2.17 bits per heavy atom. The van der Waals surface area contributed by atoms with Crippen molar-refractivity contribution < 1.29 is 9.84 Å². The monoisotopic (exact) mass is 249 g/mol. The SMILES string of the molecule is NC1CCCc2cc(OCCCCCO)ccc21. The van der Waals surface area contributed by atoms with E-state index in [1.54, 1.807) is 0 Å². The second-order valence-corrected chi connectivity index (χ2v) is 4.99. The van der Waals surface area contributed by atoms with Gasteiger partial charge in [0.2, 0.25) is 0 Å². The number of aliphatic hydroxyl groups excluding tert-OH is 1. The lowest BCUT2D eigenvalue weighted by Gasteiger charge is -2.22. The van der Waals surface area contributed by atoms with Gasteiger partial charge in [-0.05, 0) is 61.8 Å². The zero-order valence-corrected chi connectivity index (χ0v) is 10.9. The molecular formula is C15H23NO2. The molecule has 0 amide bonds. The van der Waals surface area contributed by atoms with Crippen molar-refractivity contribution in [3.05, 3.63) is 29.3 Å². The summed E-state index contributed by atoms with van der Waals surface area (Å²) in [6, 6.07) is 6.48. The zero-order valence-electron chi connectivity index (χ0n) is 10.9. The summed E-state index contributed by atoms with van der Waals surface area (Å²) >= 11 is 0. The third-order valence-corrected chi connectivity index (χ3v) is 3.55. The van der Waals surface area contributed by atoms with Crippen LogP contribution in [0.3, 0.4) is 0 Å². The molecule has 0 radical (unpaired) electrons. The van der Waals surface area contributed by atoms with Gasteiger partial charge in [-0.3, -0.25) is 0 Å². The Kier molecular flexibility index (Phi) is 5.02. The average Bonchev–Trinajstić information content (AvgIpc) is 2.39. The number of unbranched alkanes of at least 4 members (excludes halogenated alkanes) is 2. The lowest BCUT2D eigenvalue weighted by Crippen LogP contribution is -2.17. The van der Waals surface area contributed by atoms with Crippen molar-refractivity contribution >= 4 is 0 Å². The second kappa shape index (κ2) is 6.76. The van der Waals surface area contributed by atoms with Gasteiger partial charge in [0.15, 0.2) is 0 Å². The highest BCUT2D eigenvalue weighted by Gasteiger charge is 2.16. The van der Waals surface area contributed by atoms with Gasteiger partial charge in [0, 0.05) is 12.6 Å². The van der Waals surface area contributed by atoms with E-state index < -0.39 is 0 Å². The molecule has 0 spiro atoms. The van der Waals surface area contributed by atoms with E-state index in [4.69, 9.17) is 15.6 Å². The summed E-state index contributed by atoms with van der Waals surface area (Å²) < 4.78 is 5.73. The third-order valence-electron chi connectivity index (χ3n) is 3.55. The summed E-state index contributed by atoms with van der Waals surface area (Å²) in [4.78, 5) is 0. The molecule has 3 N–H and O–H groups in total. The number of rotatable bonds is 6. The summed E-state index contributed by atoms with van der Waals surface area (Å²) in [5, 5.41) is 8.69. The van der Waals surface area contributed by atoms with Crippen molar-refractivity contribution in [2.45, 2.75) is 44.6 Å². The number of fused-ring (bicyclic) bond motifs is 1. The van der Waals surface area contributed by atoms with E-state index in [2.05, 4.69) is 12.1 Å². The molecule has 1 aromatic rings. The Morgan fingerprint density at radius 3 is 3.00 bits per heavy atom. The van der Waals surface area contributed by atoms with E-state index in [-0.39, 0.29) is 12.6 Å². The van der Waals surface area contributed by atoms with Crippen LogP contribution in [0.4, 0.5) is 0 Å². The molecule has 3 heteroatoms. The Balaban J connectivity index is 1.87. The van der Waals surface area contributed by atoms with Gasteiger partial charge in [-0.1, -0.05) is 6.07 Å². The smallest absolute Gasteiger partial charge is 0.119 e. The summed E-state index contributed by atoms with van der Waals surface area (Å²) in [5.74, 6) is 0.951. The third kappa shape index (κ3) is 3.47. The number of aryl methyl sites for hydroxylation is 1. The van der Waals surface area contributed by atoms with Crippen molar-refractivity contribution in [3.63, 3.8) is 0 Å². The number of nitrogens with two attached hydrogens (primary N) is 1. The van der Waals surface area contributed by atoms with Crippen molar-refractivity contribution in [2.75, 3.05) is 13.2 Å². The van der Waals surface area contributed by atoms with Crippen LogP contribution in [0.5, 0.6) is 5.75 Å². The number of hydrogen-bond donors (Lipinski definition) is 2. The van der Waals surface area contributed by atoms with Gasteiger partial charge in [0.05, 0.1) is 6.61 Å². The van der Waals surface area contributed by atoms with E-state index in [1.807, 2.05) is 6.07 Å². The van der Waals surface area contributed by atoms with Crippen LogP contribution in [0, 0.1) is 0 Å². The highest BCUT2D eigenvalue weighted by atomic mass is 16.5. The fourth-order valence-electron chi connectivity index (χ4n) is 2.50. The topological polar surface area (TPSA) is 55.5 Å². The minimum Gasteiger partial charge on any atom is -0.494 e. The van der Waals surface area contributed by atoms with E-state index in [9.17, 15) is 0 Å². The maximum atomic E-state index is 8.69. The minimum absolute atomic E-state index is 0.201. The first kappa shape index (κ1) is 13.4. The van der Waals surface area contributed by atoms with E-state index >= 15 is 0 Å². The molecule has 0 aromatic heterocycles. The van der Waals surface area contributed by atoms with Crippen LogP contribution < -0.4 is 10.5 Å². The van der Waals surface area contributed by atoms with Gasteiger partial charge in [0.25, 0.3) is 0 Å². The van der Waals surface area contributed by atoms with Gasteiger partial charge in [-0.2, -0.15) is 0 Å². The summed E-state index contributed by atoms with van der Waals surface area (Å²) in [6.07, 6.45) is 6.26. The number of aliphatic hydroxyl groups is 1. The molecule has 0 saturated heterocycles. The van der Waals surface area contributed by atoms with Crippen molar-refractivity contribution in [1.82, 2.24) is 0 Å². The van der Waals surface area contributed by atoms with E-state index in [0.29, 0.717) is 0 Å². The van der Waals surface area contributed by atoms with Crippen molar-refractivity contribution in [3.8, 4) is 5.75 Å². The molecule has 100 valence electrons. The van der Waals surface area contributed by atoms with Gasteiger partial charge >= 0.3 is 0 Å². The Labute approximate surface area is 109 Å². The first-order valence-corrected chi connectivity index (χ1v) is 6.93. The van der Waals surface area contributed by atoms with Crippen LogP contribution in [0.1, 0.15) is 49.3 Å². The van der Waals surface area contributed by atoms with Crippen molar-refractivity contribution in [1.29, 1.82) is 0 Å². The van der Waals surface area contributed by atoms with Crippen LogP contribution in [-0.2, 0) is 6.42 Å². The molecule has 3 nitrogen and oxygen atoms in total. The fourth-order valence-corrected chi connectivity index (χ4v) is 2.50. The molecular weight excluding hydrogens is 226 g/mol. The highest BCUT2D eigenvalue weighted by Crippen LogP contribution is 2.30. The molecule has 2 rings (SSSR count). The maximum Gasteiger partial charge on any atom is 0.119 e. The minimum atomic E-state index is 0.201. The standard InChI is InChI=1S/C15H23NO2/c16-15-6-4-5-12-11-13(7-8-14(12)15)18-10-3-1-2-9-17/h7-8,11,15,17H,1-6,9-10,16H2. The Hall–Kier alpha value is -1.06. The number of benzene rings is 1. The lowest BCUT2D eigenvalue weighted by molar-refractivity contribution is 0.266. The molecule has 0 bridgehead atoms. The van der Waals surface area contributed by atoms with Crippen molar-refractivity contribution in [2.24, 2.45) is 5.73 Å². The molecule has 1 aromatic carbocycles. The Bertz CT molecular complexity index is 379. The molecule has 1 aliphatic rings. The summed E-state index contributed by atoms with van der Waals surface area (Å²) in [5.41, 5.74) is 8.72. The predicted octanol–water partition coefficient (Wildman–Crippen LogP) is 2.56. The van der Waals surface area contributed by atoms with Gasteiger partial charge in [0.1, 0.15) is 5.75 Å². The first-order chi connectivity index (χ1) is 8.81. The fraction of sp³-hybridized carbons (Fsp3) is 0.600. The van der Waals surface area contributed by atoms with Gasteiger partial charge in [-0.25, -0.2) is 0 Å². The predicted molar refractivity (Wildman–Crippen MR) is 72.7 cm³/mol. The largest absolute Gasteiger partial charge is 0.494 e. The summed E-state index contributed by atoms with van der Waals surface area (Å²) in [7, 11) is 0. The molecule has 0 saturated carbocycles. The van der Waals surface area contributed by atoms with Gasteiger partial charge in [-0.15, -0.1) is 0 Å². The second-order valence-electron chi connectivity index (χ2n) is 4.99. The quantitative estimate of drug-likeness (QED) is 0.762. The molecule has 0 aliphatic heterocycles. The van der Waals surface area contributed by atoms with Crippen LogP contribution >= 0.6 is 0 Å². The lowest BCUT2D eigenvalue weighted by atomic mass is 9.88. The first-order valence-electron chi connectivity index (χ1n) is 6.93. The van der Waals surface area contributed by atoms with Crippen LogP contribution in [-0.4, -0.2) is 18.3 Å². The number of ether oxygens (including phenoxy) is 1. The van der Waals surface area contributed by atoms with E-state index in [0.717, 1.165) is 44.5 Å².